The summed E-state index contributed by atoms with van der Waals surface area (Å²) >= 11 is 0. The van der Waals surface area contributed by atoms with Gasteiger partial charge in [-0.3, -0.25) is 0 Å². The normalized spacial score (nSPS) is 26.1. The highest BCUT2D eigenvalue weighted by Crippen LogP contribution is 2.20. The molecule has 0 amide bonds. The third kappa shape index (κ3) is 2.60. The molecule has 4 nitrogen and oxygen atoms in total. The van der Waals surface area contributed by atoms with Crippen LogP contribution < -0.4 is 5.32 Å². The number of rotatable bonds is 1. The number of hydrogen-bond donors (Lipinski definition) is 1. The highest BCUT2D eigenvalue weighted by molar-refractivity contribution is 7.91. The van der Waals surface area contributed by atoms with Crippen LogP contribution in [0.5, 0.6) is 0 Å². The van der Waals surface area contributed by atoms with Crippen molar-refractivity contribution in [1.82, 2.24) is 5.32 Å². The number of nitrogens with one attached hydrogen (secondary N) is 1. The maximum atomic E-state index is 11.6. The van der Waals surface area contributed by atoms with Crippen LogP contribution in [0, 0.1) is 6.92 Å². The number of aryl methyl sites for hydroxylation is 1. The lowest BCUT2D eigenvalue weighted by Gasteiger charge is -2.11. The summed E-state index contributed by atoms with van der Waals surface area (Å²) < 4.78 is 28.6. The first kappa shape index (κ1) is 10.7. The zero-order valence-corrected chi connectivity index (χ0v) is 9.51. The molecule has 84 valence electrons. The van der Waals surface area contributed by atoms with Gasteiger partial charge in [0, 0.05) is 0 Å². The molecule has 1 aliphatic rings. The van der Waals surface area contributed by atoms with E-state index in [1.54, 1.807) is 0 Å². The molecule has 5 heteroatoms. The van der Waals surface area contributed by atoms with Gasteiger partial charge in [0.15, 0.2) is 9.84 Å². The molecule has 1 atom stereocenters. The minimum atomic E-state index is -2.93. The summed E-state index contributed by atoms with van der Waals surface area (Å²) in [6, 6.07) is 3.51. The molecule has 1 fully saturated rings. The lowest BCUT2D eigenvalue weighted by atomic mass is 10.2. The molecule has 1 unspecified atom stereocenters. The fourth-order valence-corrected chi connectivity index (χ4v) is 3.33. The Morgan fingerprint density at radius 3 is 2.93 bits per heavy atom. The number of furan rings is 1. The Bertz CT molecular complexity index is 435. The highest BCUT2D eigenvalue weighted by Gasteiger charge is 2.25. The van der Waals surface area contributed by atoms with Crippen LogP contribution in [0.25, 0.3) is 0 Å². The molecule has 1 N–H and O–H groups in total. The van der Waals surface area contributed by atoms with Crippen LogP contribution in [0.3, 0.4) is 0 Å². The van der Waals surface area contributed by atoms with Gasteiger partial charge in [-0.2, -0.15) is 0 Å². The molecule has 1 aromatic rings. The van der Waals surface area contributed by atoms with Gasteiger partial charge in [-0.1, -0.05) is 0 Å². The summed E-state index contributed by atoms with van der Waals surface area (Å²) in [5, 5.41) is 3.19. The van der Waals surface area contributed by atoms with Crippen molar-refractivity contribution < 1.29 is 12.8 Å². The summed E-state index contributed by atoms with van der Waals surface area (Å²) in [6.07, 6.45) is 0.679. The first-order valence-corrected chi connectivity index (χ1v) is 6.89. The van der Waals surface area contributed by atoms with Crippen LogP contribution in [0.4, 0.5) is 0 Å². The molecule has 1 aliphatic heterocycles. The maximum absolute atomic E-state index is 11.6. The average Bonchev–Trinajstić information content (AvgIpc) is 2.49. The van der Waals surface area contributed by atoms with Gasteiger partial charge in [-0.25, -0.2) is 8.42 Å². The van der Waals surface area contributed by atoms with E-state index in [2.05, 4.69) is 5.32 Å². The van der Waals surface area contributed by atoms with Crippen molar-refractivity contribution in [2.45, 2.75) is 19.4 Å². The minimum absolute atomic E-state index is 0.139. The van der Waals surface area contributed by atoms with Gasteiger partial charge in [0.1, 0.15) is 11.5 Å². The fraction of sp³-hybridized carbons (Fsp3) is 0.600. The van der Waals surface area contributed by atoms with Crippen molar-refractivity contribution in [1.29, 1.82) is 0 Å². The topological polar surface area (TPSA) is 59.3 Å². The molecule has 0 saturated carbocycles. The Morgan fingerprint density at radius 1 is 1.47 bits per heavy atom. The van der Waals surface area contributed by atoms with E-state index in [4.69, 9.17) is 4.42 Å². The molecule has 0 aliphatic carbocycles. The van der Waals surface area contributed by atoms with Crippen molar-refractivity contribution in [3.8, 4) is 0 Å². The first-order valence-electron chi connectivity index (χ1n) is 5.07. The number of sulfone groups is 1. The third-order valence-corrected chi connectivity index (χ3v) is 4.30. The lowest BCUT2D eigenvalue weighted by Crippen LogP contribution is -2.24. The second-order valence-corrected chi connectivity index (χ2v) is 6.15. The molecule has 2 rings (SSSR count). The molecule has 1 aromatic heterocycles. The van der Waals surface area contributed by atoms with E-state index >= 15 is 0 Å². The van der Waals surface area contributed by atoms with Crippen LogP contribution in [0.1, 0.15) is 24.0 Å². The lowest BCUT2D eigenvalue weighted by molar-refractivity contribution is 0.421. The Labute approximate surface area is 89.6 Å². The van der Waals surface area contributed by atoms with Gasteiger partial charge >= 0.3 is 0 Å². The standard InChI is InChI=1S/C10H15NO3S/c1-8-3-4-10(14-8)9-7-15(12,13)6-2-5-11-9/h3-4,9,11H,2,5-7H2,1H3. The molecule has 1 saturated heterocycles. The van der Waals surface area contributed by atoms with Crippen molar-refractivity contribution in [3.63, 3.8) is 0 Å². The first-order chi connectivity index (χ1) is 7.07. The Hall–Kier alpha value is -0.810. The largest absolute Gasteiger partial charge is 0.465 e. The summed E-state index contributed by atoms with van der Waals surface area (Å²) in [7, 11) is -2.93. The average molecular weight is 229 g/mol. The highest BCUT2D eigenvalue weighted by atomic mass is 32.2. The molecule has 2 heterocycles. The van der Waals surface area contributed by atoms with Gasteiger partial charge in [-0.05, 0) is 32.0 Å². The van der Waals surface area contributed by atoms with Crippen molar-refractivity contribution in [2.24, 2.45) is 0 Å². The summed E-state index contributed by atoms with van der Waals surface area (Å²) in [4.78, 5) is 0. The smallest absolute Gasteiger partial charge is 0.152 e. The number of hydrogen-bond acceptors (Lipinski definition) is 4. The van der Waals surface area contributed by atoms with E-state index < -0.39 is 9.84 Å². The molecule has 0 radical (unpaired) electrons. The zero-order chi connectivity index (χ0) is 10.9. The predicted molar refractivity (Wildman–Crippen MR) is 57.5 cm³/mol. The van der Waals surface area contributed by atoms with E-state index in [-0.39, 0.29) is 17.5 Å². The van der Waals surface area contributed by atoms with Crippen molar-refractivity contribution in [2.75, 3.05) is 18.1 Å². The van der Waals surface area contributed by atoms with E-state index in [0.29, 0.717) is 6.42 Å². The summed E-state index contributed by atoms with van der Waals surface area (Å²) in [5.74, 6) is 1.95. The molecule has 0 spiro atoms. The second-order valence-electron chi connectivity index (χ2n) is 3.92. The summed E-state index contributed by atoms with van der Waals surface area (Å²) in [6.45, 7) is 2.58. The molecule has 0 aromatic carbocycles. The quantitative estimate of drug-likeness (QED) is 0.781. The fourth-order valence-electron chi connectivity index (χ4n) is 1.79. The predicted octanol–water partition coefficient (Wildman–Crippen LogP) is 1.04. The monoisotopic (exact) mass is 229 g/mol. The van der Waals surface area contributed by atoms with Crippen molar-refractivity contribution >= 4 is 9.84 Å². The summed E-state index contributed by atoms with van der Waals surface area (Å²) in [5.41, 5.74) is 0. The van der Waals surface area contributed by atoms with Gasteiger partial charge in [0.05, 0.1) is 17.5 Å². The van der Waals surface area contributed by atoms with Gasteiger partial charge in [0.2, 0.25) is 0 Å². The Morgan fingerprint density at radius 2 is 2.27 bits per heavy atom. The van der Waals surface area contributed by atoms with Gasteiger partial charge in [-0.15, -0.1) is 0 Å². The Kier molecular flexibility index (Phi) is 2.84. The van der Waals surface area contributed by atoms with E-state index in [0.717, 1.165) is 18.1 Å². The van der Waals surface area contributed by atoms with Gasteiger partial charge < -0.3 is 9.73 Å². The molecule has 15 heavy (non-hydrogen) atoms. The molecule has 0 bridgehead atoms. The van der Waals surface area contributed by atoms with Crippen LogP contribution in [-0.4, -0.2) is 26.5 Å². The zero-order valence-electron chi connectivity index (χ0n) is 8.69. The van der Waals surface area contributed by atoms with E-state index in [1.807, 2.05) is 19.1 Å². The van der Waals surface area contributed by atoms with Gasteiger partial charge in [0.25, 0.3) is 0 Å². The SMILES string of the molecule is Cc1ccc(C2CS(=O)(=O)CCCN2)o1. The Balaban J connectivity index is 2.21. The van der Waals surface area contributed by atoms with Crippen LogP contribution in [-0.2, 0) is 9.84 Å². The second kappa shape index (κ2) is 3.98. The van der Waals surface area contributed by atoms with Crippen LogP contribution in [0.15, 0.2) is 16.5 Å². The third-order valence-electron chi connectivity index (χ3n) is 2.55. The van der Waals surface area contributed by atoms with E-state index in [1.165, 1.54) is 0 Å². The van der Waals surface area contributed by atoms with Crippen LogP contribution >= 0.6 is 0 Å². The maximum Gasteiger partial charge on any atom is 0.152 e. The molecular weight excluding hydrogens is 214 g/mol. The van der Waals surface area contributed by atoms with Crippen LogP contribution in [0.2, 0.25) is 0 Å². The minimum Gasteiger partial charge on any atom is -0.465 e. The molecular formula is C10H15NO3S. The van der Waals surface area contributed by atoms with E-state index in [9.17, 15) is 8.42 Å². The van der Waals surface area contributed by atoms with Crippen molar-refractivity contribution in [3.05, 3.63) is 23.7 Å².